The van der Waals surface area contributed by atoms with Crippen LogP contribution in [0.3, 0.4) is 0 Å². The number of carbonyl (C=O) groups is 1. The summed E-state index contributed by atoms with van der Waals surface area (Å²) in [6.07, 6.45) is 6.20. The van der Waals surface area contributed by atoms with Gasteiger partial charge in [0, 0.05) is 20.6 Å². The van der Waals surface area contributed by atoms with E-state index in [9.17, 15) is 13.2 Å². The first-order chi connectivity index (χ1) is 11.6. The first-order valence-corrected chi connectivity index (χ1v) is 12.9. The number of hydrogen-bond acceptors (Lipinski definition) is 5. The number of ether oxygens (including phenoxy) is 2. The van der Waals surface area contributed by atoms with E-state index in [1.165, 1.54) is 44.0 Å². The van der Waals surface area contributed by atoms with Crippen molar-refractivity contribution in [2.24, 2.45) is 0 Å². The third-order valence-corrected chi connectivity index (χ3v) is 7.64. The zero-order chi connectivity index (χ0) is 18.9. The third kappa shape index (κ3) is 10.9. The maximum absolute atomic E-state index is 11.7. The van der Waals surface area contributed by atoms with Crippen LogP contribution in [0, 0.1) is 0 Å². The van der Waals surface area contributed by atoms with E-state index >= 15 is 0 Å². The topological polar surface area (TPSA) is 89.9 Å². The molecule has 1 aromatic rings. The van der Waals surface area contributed by atoms with Crippen LogP contribution < -0.4 is 34.3 Å². The number of unbranched alkanes of at least 4 members (excludes halogenated alkanes) is 3. The minimum atomic E-state index is -4.26. The largest absolute Gasteiger partial charge is 1.00 e. The smallest absolute Gasteiger partial charge is 1.00 e. The first-order valence-electron chi connectivity index (χ1n) is 8.38. The zero-order valence-corrected chi connectivity index (χ0v) is 19.8. The normalized spacial score (nSPS) is 11.5. The van der Waals surface area contributed by atoms with Crippen molar-refractivity contribution in [2.45, 2.75) is 37.5 Å². The molecule has 0 saturated heterocycles. The molecule has 0 saturated carbocycles. The van der Waals surface area contributed by atoms with Crippen LogP contribution in [0.4, 0.5) is 4.79 Å². The van der Waals surface area contributed by atoms with Crippen molar-refractivity contribution < 1.29 is 58.2 Å². The van der Waals surface area contributed by atoms with Gasteiger partial charge < -0.3 is 10.9 Å². The Balaban J connectivity index is 0. The van der Waals surface area contributed by atoms with Gasteiger partial charge >= 0.3 is 35.7 Å². The van der Waals surface area contributed by atoms with Crippen molar-refractivity contribution in [3.05, 3.63) is 24.3 Å². The van der Waals surface area contributed by atoms with Crippen molar-refractivity contribution in [3.63, 3.8) is 0 Å². The summed E-state index contributed by atoms with van der Waals surface area (Å²) < 4.78 is 40.9. The summed E-state index contributed by atoms with van der Waals surface area (Å²) in [4.78, 5) is 11.4. The fourth-order valence-corrected chi connectivity index (χ4v) is 4.63. The average Bonchev–Trinajstić information content (AvgIpc) is 2.51. The van der Waals surface area contributed by atoms with Gasteiger partial charge in [0.25, 0.3) is 10.1 Å². The van der Waals surface area contributed by atoms with Gasteiger partial charge in [-0.3, -0.25) is 4.55 Å². The second-order valence-electron chi connectivity index (χ2n) is 6.59. The van der Waals surface area contributed by atoms with Crippen LogP contribution in [0.15, 0.2) is 29.2 Å². The van der Waals surface area contributed by atoms with E-state index in [1.807, 2.05) is 0 Å². The number of benzene rings is 1. The van der Waals surface area contributed by atoms with Gasteiger partial charge in [-0.1, -0.05) is 19.8 Å². The fourth-order valence-electron chi connectivity index (χ4n) is 2.26. The molecule has 144 valence electrons. The van der Waals surface area contributed by atoms with Crippen LogP contribution in [0.2, 0.25) is 0 Å². The predicted octanol–water partition coefficient (Wildman–Crippen LogP) is 1.42. The van der Waals surface area contributed by atoms with Gasteiger partial charge in [-0.15, -0.1) is 0 Å². The molecular formula is C17H29NaO6PS+. The average molecular weight is 415 g/mol. The molecule has 1 N–H and O–H groups in total. The number of rotatable bonds is 10. The molecule has 6 nitrogen and oxygen atoms in total. The molecule has 0 radical (unpaired) electrons. The minimum absolute atomic E-state index is 0. The van der Waals surface area contributed by atoms with Gasteiger partial charge in [-0.05, 0) is 37.1 Å². The van der Waals surface area contributed by atoms with E-state index in [0.29, 0.717) is 6.61 Å². The Morgan fingerprint density at radius 2 is 1.73 bits per heavy atom. The molecule has 0 fully saturated rings. The summed E-state index contributed by atoms with van der Waals surface area (Å²) in [7, 11) is -5.33. The summed E-state index contributed by atoms with van der Waals surface area (Å²) in [6.45, 7) is 7.04. The molecule has 9 heteroatoms. The van der Waals surface area contributed by atoms with E-state index in [1.54, 1.807) is 0 Å². The van der Waals surface area contributed by atoms with E-state index in [2.05, 4.69) is 20.3 Å². The first kappa shape index (κ1) is 25.8. The summed E-state index contributed by atoms with van der Waals surface area (Å²) in [5, 5.41) is 0. The maximum Gasteiger partial charge on any atom is 1.00 e. The molecule has 0 aliphatic heterocycles. The summed E-state index contributed by atoms with van der Waals surface area (Å²) in [5.41, 5.74) is 0. The molecule has 0 aliphatic rings. The van der Waals surface area contributed by atoms with Crippen LogP contribution in [-0.2, 0) is 14.9 Å². The van der Waals surface area contributed by atoms with Crippen molar-refractivity contribution in [3.8, 4) is 5.75 Å². The Morgan fingerprint density at radius 3 is 2.27 bits per heavy atom. The quantitative estimate of drug-likeness (QED) is 0.155. The van der Waals surface area contributed by atoms with E-state index in [0.717, 1.165) is 18.3 Å². The van der Waals surface area contributed by atoms with Crippen molar-refractivity contribution in [1.29, 1.82) is 0 Å². The van der Waals surface area contributed by atoms with E-state index < -0.39 is 23.5 Å². The van der Waals surface area contributed by atoms with Crippen LogP contribution in [0.1, 0.15) is 34.0 Å². The second kappa shape index (κ2) is 12.3. The van der Waals surface area contributed by atoms with Gasteiger partial charge in [0.15, 0.2) is 0 Å². The minimum Gasteiger partial charge on any atom is -1.00 e. The van der Waals surface area contributed by atoms with Crippen LogP contribution >= 0.6 is 7.26 Å². The second-order valence-corrected chi connectivity index (χ2v) is 12.8. The van der Waals surface area contributed by atoms with E-state index in [4.69, 9.17) is 14.0 Å². The molecule has 0 spiro atoms. The summed E-state index contributed by atoms with van der Waals surface area (Å²) >= 11 is 0. The van der Waals surface area contributed by atoms with Crippen molar-refractivity contribution in [2.75, 3.05) is 32.3 Å². The Hall–Kier alpha value is -0.170. The Kier molecular flexibility index (Phi) is 12.2. The van der Waals surface area contributed by atoms with Gasteiger partial charge in [0.05, 0.1) is 17.2 Å². The molecule has 0 bridgehead atoms. The predicted molar refractivity (Wildman–Crippen MR) is 102 cm³/mol. The Morgan fingerprint density at radius 1 is 1.12 bits per heavy atom. The molecule has 0 unspecified atom stereocenters. The molecule has 0 amide bonds. The standard InChI is InChI=1S/C17H27O6PS.Na.H/c1-4-5-6-7-13-24(2,3)14-12-22-17(18)23-15-8-10-16(11-9-15)25(19,20)21;;/h8-11H,4-7,12-14H2,1-3H3;;/q;+1;-1/p+1. The van der Waals surface area contributed by atoms with Crippen LogP contribution in [0.5, 0.6) is 5.75 Å². The van der Waals surface area contributed by atoms with Crippen molar-refractivity contribution >= 4 is 23.5 Å². The van der Waals surface area contributed by atoms with Crippen molar-refractivity contribution in [1.82, 2.24) is 0 Å². The van der Waals surface area contributed by atoms with Gasteiger partial charge in [0.2, 0.25) is 0 Å². The molecule has 1 aromatic carbocycles. The monoisotopic (exact) mass is 415 g/mol. The Bertz CT molecular complexity index is 652. The van der Waals surface area contributed by atoms with Crippen LogP contribution in [-0.4, -0.2) is 51.4 Å². The van der Waals surface area contributed by atoms with Gasteiger partial charge in [0.1, 0.15) is 12.4 Å². The molecular weight excluding hydrogens is 386 g/mol. The molecule has 0 heterocycles. The molecule has 0 aliphatic carbocycles. The maximum atomic E-state index is 11.7. The van der Waals surface area contributed by atoms with Gasteiger partial charge in [-0.25, -0.2) is 4.79 Å². The fraction of sp³-hybridized carbons (Fsp3) is 0.588. The molecule has 26 heavy (non-hydrogen) atoms. The zero-order valence-electron chi connectivity index (χ0n) is 17.1. The summed E-state index contributed by atoms with van der Waals surface area (Å²) in [6, 6.07) is 4.88. The molecule has 1 rings (SSSR count). The summed E-state index contributed by atoms with van der Waals surface area (Å²) in [5.74, 6) is 0.158. The Labute approximate surface area is 180 Å². The van der Waals surface area contributed by atoms with E-state index in [-0.39, 0.29) is 41.6 Å². The number of carbonyl (C=O) groups excluding carboxylic acids is 1. The molecule has 0 atom stereocenters. The SMILES string of the molecule is CCCCCC[P+](C)(C)CCOC(=O)Oc1ccc(S(=O)(=O)O)cc1.[H-].[Na+]. The number of hydrogen-bond donors (Lipinski definition) is 1. The third-order valence-electron chi connectivity index (χ3n) is 3.86. The molecule has 0 aromatic heterocycles. The van der Waals surface area contributed by atoms with Crippen LogP contribution in [0.25, 0.3) is 0 Å². The van der Waals surface area contributed by atoms with Gasteiger partial charge in [-0.2, -0.15) is 8.42 Å².